The van der Waals surface area contributed by atoms with Crippen LogP contribution in [-0.4, -0.2) is 49.1 Å². The molecule has 1 saturated heterocycles. The number of carbonyl (C=O) groups is 2. The maximum atomic E-state index is 12.4. The zero-order chi connectivity index (χ0) is 14.2. The van der Waals surface area contributed by atoms with Gasteiger partial charge in [-0.25, -0.2) is 13.2 Å². The van der Waals surface area contributed by atoms with Gasteiger partial charge in [-0.3, -0.25) is 4.79 Å². The Morgan fingerprint density at radius 2 is 2.00 bits per heavy atom. The van der Waals surface area contributed by atoms with Gasteiger partial charge in [-0.1, -0.05) is 12.1 Å². The summed E-state index contributed by atoms with van der Waals surface area (Å²) in [7, 11) is -2.44. The molecule has 0 saturated carbocycles. The molecule has 1 aliphatic heterocycles. The third-order valence-corrected chi connectivity index (χ3v) is 5.33. The monoisotopic (exact) mass is 283 g/mol. The van der Waals surface area contributed by atoms with Crippen LogP contribution in [0.5, 0.6) is 0 Å². The van der Waals surface area contributed by atoms with E-state index in [9.17, 15) is 18.0 Å². The van der Waals surface area contributed by atoms with Gasteiger partial charge in [0.15, 0.2) is 9.84 Å². The molecule has 7 heteroatoms. The topological polar surface area (TPSA) is 91.8 Å². The van der Waals surface area contributed by atoms with Gasteiger partial charge >= 0.3 is 5.97 Å². The summed E-state index contributed by atoms with van der Waals surface area (Å²) in [6.45, 7) is 0.359. The zero-order valence-electron chi connectivity index (χ0n) is 10.2. The van der Waals surface area contributed by atoms with Gasteiger partial charge in [0.25, 0.3) is 0 Å². The predicted octanol–water partition coefficient (Wildman–Crippen LogP) is 0.389. The fourth-order valence-corrected chi connectivity index (χ4v) is 4.02. The van der Waals surface area contributed by atoms with Gasteiger partial charge in [0, 0.05) is 13.6 Å². The number of benzene rings is 1. The van der Waals surface area contributed by atoms with E-state index in [4.69, 9.17) is 5.11 Å². The molecule has 0 aliphatic carbocycles. The highest BCUT2D eigenvalue weighted by atomic mass is 32.2. The van der Waals surface area contributed by atoms with Gasteiger partial charge in [-0.15, -0.1) is 0 Å². The van der Waals surface area contributed by atoms with Crippen LogP contribution in [0.4, 0.5) is 0 Å². The molecule has 19 heavy (non-hydrogen) atoms. The van der Waals surface area contributed by atoms with Crippen LogP contribution in [0.1, 0.15) is 16.8 Å². The van der Waals surface area contributed by atoms with E-state index in [2.05, 4.69) is 0 Å². The highest BCUT2D eigenvalue weighted by molar-refractivity contribution is 7.93. The Morgan fingerprint density at radius 1 is 1.37 bits per heavy atom. The normalized spacial score (nSPS) is 19.7. The maximum absolute atomic E-state index is 12.4. The Kier molecular flexibility index (Phi) is 3.32. The van der Waals surface area contributed by atoms with Crippen LogP contribution in [0.3, 0.4) is 0 Å². The Hall–Kier alpha value is -1.89. The lowest BCUT2D eigenvalue weighted by Gasteiger charge is -2.13. The van der Waals surface area contributed by atoms with Gasteiger partial charge in [0.1, 0.15) is 5.25 Å². The van der Waals surface area contributed by atoms with Crippen molar-refractivity contribution in [1.82, 2.24) is 4.90 Å². The molecule has 1 heterocycles. The highest BCUT2D eigenvalue weighted by Gasteiger charge is 2.41. The second kappa shape index (κ2) is 4.65. The molecule has 0 radical (unpaired) electrons. The molecule has 2 rings (SSSR count). The average Bonchev–Trinajstić information content (AvgIpc) is 2.70. The molecule has 1 aliphatic rings. The van der Waals surface area contributed by atoms with Crippen LogP contribution in [0.15, 0.2) is 29.2 Å². The largest absolute Gasteiger partial charge is 0.478 e. The Labute approximate surface area is 110 Å². The Morgan fingerprint density at radius 3 is 2.53 bits per heavy atom. The number of amides is 1. The fourth-order valence-electron chi connectivity index (χ4n) is 2.12. The van der Waals surface area contributed by atoms with Crippen molar-refractivity contribution in [3.05, 3.63) is 29.8 Å². The van der Waals surface area contributed by atoms with Crippen LogP contribution >= 0.6 is 0 Å². The van der Waals surface area contributed by atoms with Crippen molar-refractivity contribution in [2.24, 2.45) is 0 Å². The Bertz CT molecular complexity index is 637. The molecule has 1 fully saturated rings. The quantitative estimate of drug-likeness (QED) is 0.866. The van der Waals surface area contributed by atoms with Crippen LogP contribution in [0.2, 0.25) is 0 Å². The lowest BCUT2D eigenvalue weighted by molar-refractivity contribution is -0.126. The smallest absolute Gasteiger partial charge is 0.337 e. The van der Waals surface area contributed by atoms with E-state index in [-0.39, 0.29) is 16.9 Å². The zero-order valence-corrected chi connectivity index (χ0v) is 11.1. The fraction of sp³-hybridized carbons (Fsp3) is 0.333. The van der Waals surface area contributed by atoms with Gasteiger partial charge in [-0.05, 0) is 18.6 Å². The van der Waals surface area contributed by atoms with Crippen LogP contribution in [0.25, 0.3) is 0 Å². The number of hydrogen-bond acceptors (Lipinski definition) is 4. The van der Waals surface area contributed by atoms with Crippen LogP contribution in [0, 0.1) is 0 Å². The number of carbonyl (C=O) groups excluding carboxylic acids is 1. The van der Waals surface area contributed by atoms with Crippen molar-refractivity contribution in [3.8, 4) is 0 Å². The lowest BCUT2D eigenvalue weighted by atomic mass is 10.2. The standard InChI is InChI=1S/C12H13NO5S/c1-13-7-6-10(11(13)14)19(17,18)9-5-3-2-4-8(9)12(15)16/h2-5,10H,6-7H2,1H3,(H,15,16). The first-order valence-electron chi connectivity index (χ1n) is 5.67. The minimum absolute atomic E-state index is 0.186. The second-order valence-electron chi connectivity index (χ2n) is 4.38. The molecule has 1 unspecified atom stereocenters. The molecule has 6 nitrogen and oxygen atoms in total. The van der Waals surface area contributed by atoms with E-state index in [1.807, 2.05) is 0 Å². The van der Waals surface area contributed by atoms with E-state index < -0.39 is 27.0 Å². The first kappa shape index (κ1) is 13.5. The molecule has 102 valence electrons. The molecule has 1 amide bonds. The van der Waals surface area contributed by atoms with E-state index in [0.717, 1.165) is 0 Å². The minimum atomic E-state index is -3.97. The average molecular weight is 283 g/mol. The summed E-state index contributed by atoms with van der Waals surface area (Å²) < 4.78 is 24.8. The van der Waals surface area contributed by atoms with E-state index >= 15 is 0 Å². The summed E-state index contributed by atoms with van der Waals surface area (Å²) in [5.74, 6) is -1.81. The number of carboxylic acids is 1. The highest BCUT2D eigenvalue weighted by Crippen LogP contribution is 2.26. The first-order valence-corrected chi connectivity index (χ1v) is 7.21. The number of rotatable bonds is 3. The second-order valence-corrected chi connectivity index (χ2v) is 6.48. The van der Waals surface area contributed by atoms with E-state index in [0.29, 0.717) is 6.54 Å². The van der Waals surface area contributed by atoms with E-state index in [1.54, 1.807) is 0 Å². The molecule has 0 spiro atoms. The van der Waals surface area contributed by atoms with Gasteiger partial charge in [-0.2, -0.15) is 0 Å². The summed E-state index contributed by atoms with van der Waals surface area (Å²) in [4.78, 5) is 23.9. The van der Waals surface area contributed by atoms with Crippen molar-refractivity contribution in [1.29, 1.82) is 0 Å². The van der Waals surface area contributed by atoms with Gasteiger partial charge in [0.05, 0.1) is 10.5 Å². The molecular weight excluding hydrogens is 270 g/mol. The minimum Gasteiger partial charge on any atom is -0.478 e. The molecule has 0 aromatic heterocycles. The molecular formula is C12H13NO5S. The van der Waals surface area contributed by atoms with Crippen molar-refractivity contribution >= 4 is 21.7 Å². The molecule has 1 N–H and O–H groups in total. The van der Waals surface area contributed by atoms with Gasteiger partial charge in [0.2, 0.25) is 5.91 Å². The van der Waals surface area contributed by atoms with Crippen molar-refractivity contribution in [3.63, 3.8) is 0 Å². The number of hydrogen-bond donors (Lipinski definition) is 1. The summed E-state index contributed by atoms with van der Waals surface area (Å²) >= 11 is 0. The SMILES string of the molecule is CN1CCC(S(=O)(=O)c2ccccc2C(=O)O)C1=O. The van der Waals surface area contributed by atoms with Gasteiger partial charge < -0.3 is 10.0 Å². The summed E-state index contributed by atoms with van der Waals surface area (Å²) in [6, 6.07) is 5.34. The summed E-state index contributed by atoms with van der Waals surface area (Å²) in [5, 5.41) is 7.85. The predicted molar refractivity (Wildman–Crippen MR) is 66.6 cm³/mol. The van der Waals surface area contributed by atoms with Crippen molar-refractivity contribution in [2.75, 3.05) is 13.6 Å². The number of nitrogens with zero attached hydrogens (tertiary/aromatic N) is 1. The number of aromatic carboxylic acids is 1. The Balaban J connectivity index is 2.52. The number of likely N-dealkylation sites (tertiary alicyclic amines) is 1. The van der Waals surface area contributed by atoms with Crippen molar-refractivity contribution in [2.45, 2.75) is 16.6 Å². The maximum Gasteiger partial charge on any atom is 0.337 e. The lowest BCUT2D eigenvalue weighted by Crippen LogP contribution is -2.32. The third-order valence-electron chi connectivity index (χ3n) is 3.18. The molecule has 0 bridgehead atoms. The molecule has 1 atom stereocenters. The summed E-state index contributed by atoms with van der Waals surface area (Å²) in [6.07, 6.45) is 0.186. The molecule has 1 aromatic carbocycles. The van der Waals surface area contributed by atoms with Crippen molar-refractivity contribution < 1.29 is 23.1 Å². The first-order chi connectivity index (χ1) is 8.85. The van der Waals surface area contributed by atoms with E-state index in [1.165, 1.54) is 36.2 Å². The molecule has 1 aromatic rings. The number of carboxylic acid groups (broad SMARTS) is 1. The number of sulfone groups is 1. The third kappa shape index (κ3) is 2.21. The van der Waals surface area contributed by atoms with Crippen LogP contribution < -0.4 is 0 Å². The van der Waals surface area contributed by atoms with Crippen LogP contribution in [-0.2, 0) is 14.6 Å². The summed E-state index contributed by atoms with van der Waals surface area (Å²) in [5.41, 5.74) is -0.301.